The summed E-state index contributed by atoms with van der Waals surface area (Å²) in [4.78, 5) is 11.4. The molecule has 0 saturated carbocycles. The highest BCUT2D eigenvalue weighted by molar-refractivity contribution is 6.30. The molecule has 0 aliphatic heterocycles. The van der Waals surface area contributed by atoms with Gasteiger partial charge in [-0.1, -0.05) is 29.8 Å². The van der Waals surface area contributed by atoms with Crippen LogP contribution in [0.4, 0.5) is 0 Å². The number of hydrogen-bond acceptors (Lipinski definition) is 2. The van der Waals surface area contributed by atoms with Crippen molar-refractivity contribution in [3.8, 4) is 0 Å². The summed E-state index contributed by atoms with van der Waals surface area (Å²) in [5.74, 6) is -0.795. The molecule has 2 aromatic rings. The summed E-state index contributed by atoms with van der Waals surface area (Å²) in [6.07, 6.45) is 9.38. The number of rotatable bonds is 7. The maximum absolute atomic E-state index is 11.4. The van der Waals surface area contributed by atoms with E-state index in [9.17, 15) is 9.90 Å². The highest BCUT2D eigenvalue weighted by Gasteiger charge is 2.19. The van der Waals surface area contributed by atoms with Crippen molar-refractivity contribution in [2.75, 3.05) is 7.11 Å². The highest BCUT2D eigenvalue weighted by atomic mass is 35.5. The molecule has 25 heavy (non-hydrogen) atoms. The molecule has 132 valence electrons. The fourth-order valence-electron chi connectivity index (χ4n) is 2.54. The van der Waals surface area contributed by atoms with Crippen molar-refractivity contribution in [3.05, 3.63) is 76.3 Å². The van der Waals surface area contributed by atoms with Crippen molar-refractivity contribution in [3.63, 3.8) is 0 Å². The van der Waals surface area contributed by atoms with E-state index in [-0.39, 0.29) is 0 Å². The first-order valence-electron chi connectivity index (χ1n) is 8.00. The van der Waals surface area contributed by atoms with Crippen LogP contribution >= 0.6 is 11.6 Å². The van der Waals surface area contributed by atoms with Crippen molar-refractivity contribution in [2.45, 2.75) is 26.3 Å². The van der Waals surface area contributed by atoms with Gasteiger partial charge in [-0.15, -0.1) is 0 Å². The number of carboxylic acid groups (broad SMARTS) is 1. The molecule has 0 aliphatic rings. The van der Waals surface area contributed by atoms with Gasteiger partial charge >= 0.3 is 5.97 Å². The van der Waals surface area contributed by atoms with E-state index in [0.717, 1.165) is 16.7 Å². The molecule has 1 heterocycles. The number of halogens is 1. The topological polar surface area (TPSA) is 51.5 Å². The number of benzene rings is 1. The minimum Gasteiger partial charge on any atom is -0.497 e. The first kappa shape index (κ1) is 18.9. The summed E-state index contributed by atoms with van der Waals surface area (Å²) < 4.78 is 7.31. The molecule has 5 heteroatoms. The lowest BCUT2D eigenvalue weighted by molar-refractivity contribution is -0.138. The van der Waals surface area contributed by atoms with Crippen LogP contribution in [0.2, 0.25) is 5.02 Å². The molecule has 0 spiro atoms. The standard InChI is InChI=1S/C20H22ClNO3/c1-4-5-18(25-3)10-16-12-22(13-19(16)14(2)20(23)24)11-15-6-8-17(21)9-7-15/h4-10,12-14H,11H2,1-3H3,(H,23,24)/b5-4-,18-10+. The van der Waals surface area contributed by atoms with E-state index >= 15 is 0 Å². The summed E-state index contributed by atoms with van der Waals surface area (Å²) in [7, 11) is 1.59. The van der Waals surface area contributed by atoms with Gasteiger partial charge < -0.3 is 14.4 Å². The predicted octanol–water partition coefficient (Wildman–Crippen LogP) is 4.94. The van der Waals surface area contributed by atoms with Crippen LogP contribution in [0.15, 0.2) is 54.6 Å². The number of carboxylic acids is 1. The lowest BCUT2D eigenvalue weighted by Gasteiger charge is -2.06. The SMILES string of the molecule is C/C=C\C(=C/c1cn(Cc2ccc(Cl)cc2)cc1C(C)C(=O)O)OC. The number of hydrogen-bond donors (Lipinski definition) is 1. The van der Waals surface area contributed by atoms with Crippen LogP contribution in [0.3, 0.4) is 0 Å². The Morgan fingerprint density at radius 3 is 2.56 bits per heavy atom. The predicted molar refractivity (Wildman–Crippen MR) is 101 cm³/mol. The molecule has 0 saturated heterocycles. The van der Waals surface area contributed by atoms with Gasteiger partial charge in [0.2, 0.25) is 0 Å². The first-order valence-corrected chi connectivity index (χ1v) is 8.37. The van der Waals surface area contributed by atoms with Crippen molar-refractivity contribution in [1.82, 2.24) is 4.57 Å². The van der Waals surface area contributed by atoms with Gasteiger partial charge in [0.15, 0.2) is 0 Å². The number of nitrogens with zero attached hydrogens (tertiary/aromatic N) is 1. The minimum atomic E-state index is -0.858. The molecule has 2 rings (SSSR count). The molecule has 1 aromatic heterocycles. The van der Waals surface area contributed by atoms with Gasteiger partial charge in [-0.25, -0.2) is 0 Å². The zero-order valence-corrected chi connectivity index (χ0v) is 15.3. The van der Waals surface area contributed by atoms with E-state index in [0.29, 0.717) is 17.3 Å². The van der Waals surface area contributed by atoms with Crippen molar-refractivity contribution >= 4 is 23.6 Å². The second-order valence-corrected chi connectivity index (χ2v) is 6.21. The molecule has 1 unspecified atom stereocenters. The van der Waals surface area contributed by atoms with E-state index in [1.54, 1.807) is 14.0 Å². The number of ether oxygens (including phenoxy) is 1. The van der Waals surface area contributed by atoms with Crippen LogP contribution < -0.4 is 0 Å². The third-order valence-electron chi connectivity index (χ3n) is 3.92. The largest absolute Gasteiger partial charge is 0.497 e. The Morgan fingerprint density at radius 1 is 1.32 bits per heavy atom. The normalized spacial score (nSPS) is 13.2. The Morgan fingerprint density at radius 2 is 2.00 bits per heavy atom. The molecule has 0 amide bonds. The van der Waals surface area contributed by atoms with Crippen LogP contribution in [0.5, 0.6) is 0 Å². The summed E-state index contributed by atoms with van der Waals surface area (Å²) in [5, 5.41) is 10.1. The van der Waals surface area contributed by atoms with Gasteiger partial charge in [0.25, 0.3) is 0 Å². The molecule has 0 bridgehead atoms. The van der Waals surface area contributed by atoms with Crippen LogP contribution in [-0.2, 0) is 16.1 Å². The van der Waals surface area contributed by atoms with Crippen molar-refractivity contribution < 1.29 is 14.6 Å². The average Bonchev–Trinajstić information content (AvgIpc) is 2.98. The molecule has 0 fully saturated rings. The Balaban J connectivity index is 2.40. The van der Waals surface area contributed by atoms with E-state index in [4.69, 9.17) is 16.3 Å². The molecule has 1 aromatic carbocycles. The molecule has 4 nitrogen and oxygen atoms in total. The minimum absolute atomic E-state index is 0.610. The summed E-state index contributed by atoms with van der Waals surface area (Å²) >= 11 is 5.92. The van der Waals surface area contributed by atoms with Crippen molar-refractivity contribution in [1.29, 1.82) is 0 Å². The first-order chi connectivity index (χ1) is 11.9. The third kappa shape index (κ3) is 5.00. The molecule has 0 aliphatic carbocycles. The summed E-state index contributed by atoms with van der Waals surface area (Å²) in [5.41, 5.74) is 2.67. The van der Waals surface area contributed by atoms with Crippen LogP contribution in [0.1, 0.15) is 36.5 Å². The van der Waals surface area contributed by atoms with E-state index in [1.807, 2.05) is 66.4 Å². The van der Waals surface area contributed by atoms with Gasteiger partial charge in [-0.05, 0) is 54.8 Å². The second-order valence-electron chi connectivity index (χ2n) is 5.78. The lowest BCUT2D eigenvalue weighted by atomic mass is 10.00. The van der Waals surface area contributed by atoms with Crippen LogP contribution in [-0.4, -0.2) is 22.8 Å². The zero-order chi connectivity index (χ0) is 18.4. The number of carbonyl (C=O) groups is 1. The third-order valence-corrected chi connectivity index (χ3v) is 4.17. The summed E-state index contributed by atoms with van der Waals surface area (Å²) in [6.45, 7) is 4.22. The fraction of sp³-hybridized carbons (Fsp3) is 0.250. The Kier molecular flexibility index (Phi) is 6.48. The molecule has 0 radical (unpaired) electrons. The van der Waals surface area contributed by atoms with E-state index in [2.05, 4.69) is 0 Å². The highest BCUT2D eigenvalue weighted by Crippen LogP contribution is 2.25. The van der Waals surface area contributed by atoms with Gasteiger partial charge in [-0.3, -0.25) is 4.79 Å². The van der Waals surface area contributed by atoms with E-state index in [1.165, 1.54) is 0 Å². The maximum Gasteiger partial charge on any atom is 0.310 e. The second kappa shape index (κ2) is 8.58. The maximum atomic E-state index is 11.4. The quantitative estimate of drug-likeness (QED) is 0.562. The monoisotopic (exact) mass is 359 g/mol. The van der Waals surface area contributed by atoms with Crippen LogP contribution in [0, 0.1) is 0 Å². The molecule has 1 atom stereocenters. The van der Waals surface area contributed by atoms with Gasteiger partial charge in [0, 0.05) is 24.0 Å². The number of aliphatic carboxylic acids is 1. The summed E-state index contributed by atoms with van der Waals surface area (Å²) in [6, 6.07) is 7.60. The Labute approximate surface area is 153 Å². The Hall–Kier alpha value is -2.46. The number of allylic oxidation sites excluding steroid dienone is 2. The number of methoxy groups -OCH3 is 1. The van der Waals surface area contributed by atoms with Gasteiger partial charge in [0.1, 0.15) is 5.76 Å². The van der Waals surface area contributed by atoms with Crippen LogP contribution in [0.25, 0.3) is 6.08 Å². The average molecular weight is 360 g/mol. The molecular formula is C20H22ClNO3. The zero-order valence-electron chi connectivity index (χ0n) is 14.6. The smallest absolute Gasteiger partial charge is 0.310 e. The fourth-order valence-corrected chi connectivity index (χ4v) is 2.67. The molecular weight excluding hydrogens is 338 g/mol. The van der Waals surface area contributed by atoms with Gasteiger partial charge in [0.05, 0.1) is 13.0 Å². The molecule has 1 N–H and O–H groups in total. The lowest BCUT2D eigenvalue weighted by Crippen LogP contribution is -2.07. The number of aromatic nitrogens is 1. The Bertz CT molecular complexity index is 788. The van der Waals surface area contributed by atoms with E-state index < -0.39 is 11.9 Å². The van der Waals surface area contributed by atoms with Gasteiger partial charge in [-0.2, -0.15) is 0 Å². The van der Waals surface area contributed by atoms with Crippen molar-refractivity contribution in [2.24, 2.45) is 0 Å².